The van der Waals surface area contributed by atoms with Crippen molar-refractivity contribution in [2.24, 2.45) is 0 Å². The third-order valence-corrected chi connectivity index (χ3v) is 2.26. The number of rotatable bonds is 6. The van der Waals surface area contributed by atoms with Crippen molar-refractivity contribution in [3.63, 3.8) is 0 Å². The van der Waals surface area contributed by atoms with Crippen LogP contribution >= 0.6 is 0 Å². The van der Waals surface area contributed by atoms with E-state index < -0.39 is 0 Å². The van der Waals surface area contributed by atoms with Crippen LogP contribution in [0, 0.1) is 0 Å². The monoisotopic (exact) mass is 229 g/mol. The lowest BCUT2D eigenvalue weighted by molar-refractivity contribution is -0.155. The maximum atomic E-state index is 11.5. The Morgan fingerprint density at radius 2 is 1.81 bits per heavy atom. The number of hydrogen-bond acceptors (Lipinski definition) is 3. The second-order valence-corrected chi connectivity index (χ2v) is 5.47. The first-order valence-corrected chi connectivity index (χ1v) is 6.22. The molecular weight excluding hydrogens is 202 g/mol. The number of carbonyl (C=O) groups is 1. The second-order valence-electron chi connectivity index (χ2n) is 5.47. The molecule has 3 nitrogen and oxygen atoms in total. The van der Waals surface area contributed by atoms with E-state index in [1.54, 1.807) is 0 Å². The molecule has 0 radical (unpaired) electrons. The van der Waals surface area contributed by atoms with Gasteiger partial charge in [0.05, 0.1) is 6.42 Å². The van der Waals surface area contributed by atoms with E-state index >= 15 is 0 Å². The lowest BCUT2D eigenvalue weighted by atomic mass is 10.2. The zero-order valence-electron chi connectivity index (χ0n) is 11.7. The van der Waals surface area contributed by atoms with Gasteiger partial charge in [-0.05, 0) is 47.6 Å². The van der Waals surface area contributed by atoms with E-state index in [1.165, 1.54) is 0 Å². The van der Waals surface area contributed by atoms with Gasteiger partial charge in [0.1, 0.15) is 5.60 Å². The minimum atomic E-state index is -0.371. The molecule has 0 heterocycles. The van der Waals surface area contributed by atoms with Crippen LogP contribution in [-0.2, 0) is 9.53 Å². The van der Waals surface area contributed by atoms with Gasteiger partial charge in [0, 0.05) is 12.6 Å². The molecule has 0 aromatic heterocycles. The Hall–Kier alpha value is -0.570. The summed E-state index contributed by atoms with van der Waals surface area (Å²) < 4.78 is 5.28. The van der Waals surface area contributed by atoms with E-state index in [9.17, 15) is 4.79 Å². The molecule has 0 unspecified atom stereocenters. The molecule has 0 aliphatic carbocycles. The van der Waals surface area contributed by atoms with Gasteiger partial charge >= 0.3 is 5.97 Å². The van der Waals surface area contributed by atoms with Gasteiger partial charge in [-0.25, -0.2) is 0 Å². The molecule has 0 saturated carbocycles. The smallest absolute Gasteiger partial charge is 0.307 e. The number of nitrogens with zero attached hydrogens (tertiary/aromatic N) is 1. The zero-order chi connectivity index (χ0) is 12.8. The maximum absolute atomic E-state index is 11.5. The molecule has 0 amide bonds. The van der Waals surface area contributed by atoms with Gasteiger partial charge in [-0.2, -0.15) is 0 Å². The Morgan fingerprint density at radius 3 is 2.19 bits per heavy atom. The van der Waals surface area contributed by atoms with Crippen LogP contribution in [0.5, 0.6) is 0 Å². The first kappa shape index (κ1) is 15.4. The van der Waals surface area contributed by atoms with Crippen LogP contribution in [0.25, 0.3) is 0 Å². The first-order valence-electron chi connectivity index (χ1n) is 6.22. The van der Waals surface area contributed by atoms with Gasteiger partial charge in [-0.1, -0.05) is 6.92 Å². The standard InChI is InChI=1S/C13H27NO2/c1-7-9-14(11(2)3)10-8-12(15)16-13(4,5)6/h11H,7-10H2,1-6H3. The molecule has 0 aliphatic heterocycles. The SMILES string of the molecule is CCCN(CCC(=O)OC(C)(C)C)C(C)C. The average Bonchev–Trinajstić information content (AvgIpc) is 2.08. The first-order chi connectivity index (χ1) is 7.26. The van der Waals surface area contributed by atoms with Crippen LogP contribution in [0.2, 0.25) is 0 Å². The third-order valence-electron chi connectivity index (χ3n) is 2.26. The van der Waals surface area contributed by atoms with E-state index in [2.05, 4.69) is 25.7 Å². The Bertz CT molecular complexity index is 206. The van der Waals surface area contributed by atoms with Crippen molar-refractivity contribution in [1.82, 2.24) is 4.90 Å². The Kier molecular flexibility index (Phi) is 6.65. The van der Waals surface area contributed by atoms with Gasteiger partial charge in [0.25, 0.3) is 0 Å². The van der Waals surface area contributed by atoms with Crippen molar-refractivity contribution in [3.8, 4) is 0 Å². The predicted molar refractivity (Wildman–Crippen MR) is 67.5 cm³/mol. The molecule has 0 fully saturated rings. The molecule has 0 atom stereocenters. The second kappa shape index (κ2) is 6.89. The Balaban J connectivity index is 3.97. The van der Waals surface area contributed by atoms with Crippen molar-refractivity contribution in [2.45, 2.75) is 66.0 Å². The normalized spacial score (nSPS) is 12.2. The highest BCUT2D eigenvalue weighted by Gasteiger charge is 2.17. The fraction of sp³-hybridized carbons (Fsp3) is 0.923. The lowest BCUT2D eigenvalue weighted by Crippen LogP contribution is -2.34. The molecule has 0 aromatic rings. The van der Waals surface area contributed by atoms with Crippen molar-refractivity contribution in [3.05, 3.63) is 0 Å². The average molecular weight is 229 g/mol. The molecule has 0 aliphatic rings. The van der Waals surface area contributed by atoms with Gasteiger partial charge < -0.3 is 9.64 Å². The van der Waals surface area contributed by atoms with Crippen LogP contribution in [-0.4, -0.2) is 35.6 Å². The van der Waals surface area contributed by atoms with Gasteiger partial charge in [0.2, 0.25) is 0 Å². The third kappa shape index (κ3) is 7.69. The summed E-state index contributed by atoms with van der Waals surface area (Å²) in [7, 11) is 0. The highest BCUT2D eigenvalue weighted by Crippen LogP contribution is 2.09. The molecule has 0 N–H and O–H groups in total. The van der Waals surface area contributed by atoms with Crippen LogP contribution < -0.4 is 0 Å². The van der Waals surface area contributed by atoms with Crippen LogP contribution in [0.15, 0.2) is 0 Å². The van der Waals surface area contributed by atoms with Gasteiger partial charge in [0.15, 0.2) is 0 Å². The summed E-state index contributed by atoms with van der Waals surface area (Å²) in [4.78, 5) is 13.9. The topological polar surface area (TPSA) is 29.5 Å². The Labute approximate surface area is 100 Å². The summed E-state index contributed by atoms with van der Waals surface area (Å²) in [6, 6.07) is 0.488. The minimum absolute atomic E-state index is 0.103. The summed E-state index contributed by atoms with van der Waals surface area (Å²) in [6.07, 6.45) is 1.60. The van der Waals surface area contributed by atoms with E-state index in [4.69, 9.17) is 4.74 Å². The number of esters is 1. The minimum Gasteiger partial charge on any atom is -0.460 e. The van der Waals surface area contributed by atoms with Gasteiger partial charge in [-0.15, -0.1) is 0 Å². The van der Waals surface area contributed by atoms with Crippen LogP contribution in [0.4, 0.5) is 0 Å². The molecule has 0 aromatic carbocycles. The largest absolute Gasteiger partial charge is 0.460 e. The Morgan fingerprint density at radius 1 is 1.25 bits per heavy atom. The highest BCUT2D eigenvalue weighted by molar-refractivity contribution is 5.70. The molecule has 96 valence electrons. The molecule has 3 heteroatoms. The summed E-state index contributed by atoms with van der Waals surface area (Å²) in [5.74, 6) is -0.103. The highest BCUT2D eigenvalue weighted by atomic mass is 16.6. The van der Waals surface area contributed by atoms with Crippen molar-refractivity contribution in [2.75, 3.05) is 13.1 Å². The molecular formula is C13H27NO2. The fourth-order valence-corrected chi connectivity index (χ4v) is 1.54. The van der Waals surface area contributed by atoms with Crippen molar-refractivity contribution in [1.29, 1.82) is 0 Å². The lowest BCUT2D eigenvalue weighted by Gasteiger charge is -2.26. The molecule has 0 rings (SSSR count). The fourth-order valence-electron chi connectivity index (χ4n) is 1.54. The number of ether oxygens (including phenoxy) is 1. The number of carbonyl (C=O) groups excluding carboxylic acids is 1. The summed E-state index contributed by atoms with van der Waals surface area (Å²) in [6.45, 7) is 14.0. The van der Waals surface area contributed by atoms with E-state index in [-0.39, 0.29) is 11.6 Å². The molecule has 16 heavy (non-hydrogen) atoms. The predicted octanol–water partition coefficient (Wildman–Crippen LogP) is 2.84. The van der Waals surface area contributed by atoms with Crippen LogP contribution in [0.3, 0.4) is 0 Å². The van der Waals surface area contributed by atoms with E-state index in [0.717, 1.165) is 19.5 Å². The van der Waals surface area contributed by atoms with Crippen molar-refractivity contribution >= 4 is 5.97 Å². The maximum Gasteiger partial charge on any atom is 0.307 e. The summed E-state index contributed by atoms with van der Waals surface area (Å²) in [5, 5.41) is 0. The van der Waals surface area contributed by atoms with Crippen molar-refractivity contribution < 1.29 is 9.53 Å². The molecule has 0 bridgehead atoms. The zero-order valence-corrected chi connectivity index (χ0v) is 11.7. The van der Waals surface area contributed by atoms with E-state index in [1.807, 2.05) is 20.8 Å². The van der Waals surface area contributed by atoms with Crippen LogP contribution in [0.1, 0.15) is 54.4 Å². The molecule has 0 spiro atoms. The van der Waals surface area contributed by atoms with Gasteiger partial charge in [-0.3, -0.25) is 4.79 Å². The quantitative estimate of drug-likeness (QED) is 0.656. The molecule has 0 saturated heterocycles. The number of hydrogen-bond donors (Lipinski definition) is 0. The summed E-state index contributed by atoms with van der Waals surface area (Å²) in [5.41, 5.74) is -0.371. The summed E-state index contributed by atoms with van der Waals surface area (Å²) >= 11 is 0. The van der Waals surface area contributed by atoms with E-state index in [0.29, 0.717) is 12.5 Å².